The third kappa shape index (κ3) is 4.79. The minimum Gasteiger partial charge on any atom is -0.493 e. The second-order valence-corrected chi connectivity index (χ2v) is 10.5. The van der Waals surface area contributed by atoms with E-state index in [1.165, 1.54) is 11.0 Å². The van der Waals surface area contributed by atoms with Crippen LogP contribution in [0.2, 0.25) is 0 Å². The zero-order valence-corrected chi connectivity index (χ0v) is 19.7. The number of benzene rings is 1. The minimum absolute atomic E-state index is 0.0331. The Morgan fingerprint density at radius 3 is 2.40 bits per heavy atom. The van der Waals surface area contributed by atoms with Crippen molar-refractivity contribution in [3.8, 4) is 11.6 Å². The summed E-state index contributed by atoms with van der Waals surface area (Å²) < 4.78 is 64.0. The monoisotopic (exact) mass is 510 g/mol. The van der Waals surface area contributed by atoms with Crippen LogP contribution in [0.25, 0.3) is 5.69 Å². The van der Waals surface area contributed by atoms with E-state index in [4.69, 9.17) is 0 Å². The van der Waals surface area contributed by atoms with E-state index in [0.29, 0.717) is 6.04 Å². The normalized spacial score (nSPS) is 15.3. The molecule has 2 aromatic heterocycles. The molecule has 2 N–H and O–H groups in total. The molecule has 35 heavy (non-hydrogen) atoms. The first-order chi connectivity index (χ1) is 16.5. The van der Waals surface area contributed by atoms with E-state index in [2.05, 4.69) is 10.3 Å². The molecule has 12 heteroatoms. The van der Waals surface area contributed by atoms with E-state index < -0.39 is 31.8 Å². The summed E-state index contributed by atoms with van der Waals surface area (Å²) in [6.07, 6.45) is 8.90. The molecule has 188 valence electrons. The van der Waals surface area contributed by atoms with Gasteiger partial charge < -0.3 is 10.4 Å². The maximum Gasteiger partial charge on any atom is 0.501 e. The third-order valence-electron chi connectivity index (χ3n) is 6.28. The zero-order chi connectivity index (χ0) is 25.4. The average Bonchev–Trinajstić information content (AvgIpc) is 3.03. The summed E-state index contributed by atoms with van der Waals surface area (Å²) >= 11 is 0. The fraction of sp³-hybridized carbons (Fsp3) is 0.391. The van der Waals surface area contributed by atoms with Crippen LogP contribution in [0, 0.1) is 6.92 Å². The summed E-state index contributed by atoms with van der Waals surface area (Å²) in [6, 6.07) is 5.70. The number of alkyl halides is 3. The fourth-order valence-corrected chi connectivity index (χ4v) is 5.05. The Balaban J connectivity index is 1.65. The topological polar surface area (TPSA) is 106 Å². The highest BCUT2D eigenvalue weighted by Crippen LogP contribution is 2.31. The smallest absolute Gasteiger partial charge is 0.493 e. The predicted molar refractivity (Wildman–Crippen MR) is 124 cm³/mol. The Hall–Kier alpha value is -3.28. The van der Waals surface area contributed by atoms with Crippen molar-refractivity contribution in [2.45, 2.75) is 62.0 Å². The first kappa shape index (κ1) is 24.8. The lowest BCUT2D eigenvalue weighted by Gasteiger charge is -2.25. The van der Waals surface area contributed by atoms with Gasteiger partial charge in [0.1, 0.15) is 0 Å². The molecule has 0 unspecified atom stereocenters. The number of pyridine rings is 1. The molecular weight excluding hydrogens is 485 g/mol. The van der Waals surface area contributed by atoms with Gasteiger partial charge in [-0.15, -0.1) is 0 Å². The molecule has 4 rings (SSSR count). The van der Waals surface area contributed by atoms with E-state index >= 15 is 0 Å². The number of anilines is 1. The molecule has 0 bridgehead atoms. The number of hydrogen-bond acceptors (Lipinski definition) is 6. The predicted octanol–water partition coefficient (Wildman–Crippen LogP) is 4.13. The fourth-order valence-electron chi connectivity index (χ4n) is 4.29. The molecule has 1 aliphatic rings. The Bertz CT molecular complexity index is 1370. The van der Waals surface area contributed by atoms with Crippen LogP contribution >= 0.6 is 0 Å². The Morgan fingerprint density at radius 2 is 1.77 bits per heavy atom. The van der Waals surface area contributed by atoms with Gasteiger partial charge >= 0.3 is 11.2 Å². The van der Waals surface area contributed by atoms with Crippen LogP contribution in [0.1, 0.15) is 43.4 Å². The van der Waals surface area contributed by atoms with E-state index in [-0.39, 0.29) is 17.9 Å². The lowest BCUT2D eigenvalue weighted by molar-refractivity contribution is -0.0436. The van der Waals surface area contributed by atoms with Crippen LogP contribution in [-0.4, -0.2) is 39.2 Å². The first-order valence-corrected chi connectivity index (χ1v) is 12.6. The number of nitrogens with one attached hydrogen (secondary N) is 1. The van der Waals surface area contributed by atoms with Crippen LogP contribution in [0.4, 0.5) is 18.9 Å². The lowest BCUT2D eigenvalue weighted by Crippen LogP contribution is -2.26. The summed E-state index contributed by atoms with van der Waals surface area (Å²) in [6.45, 7) is 1.68. The summed E-state index contributed by atoms with van der Waals surface area (Å²) in [7, 11) is -5.52. The summed E-state index contributed by atoms with van der Waals surface area (Å²) in [5, 5.41) is 14.1. The number of nitrogens with zero attached hydrogens (tertiary/aromatic N) is 3. The molecule has 1 saturated carbocycles. The van der Waals surface area contributed by atoms with E-state index in [0.717, 1.165) is 65.8 Å². The molecule has 1 aromatic carbocycles. The van der Waals surface area contributed by atoms with Crippen LogP contribution in [0.5, 0.6) is 5.88 Å². The summed E-state index contributed by atoms with van der Waals surface area (Å²) in [4.78, 5) is 16.4. The second kappa shape index (κ2) is 9.40. The van der Waals surface area contributed by atoms with Gasteiger partial charge in [-0.1, -0.05) is 19.3 Å². The number of aromatic nitrogens is 3. The van der Waals surface area contributed by atoms with Crippen molar-refractivity contribution in [2.24, 2.45) is 0 Å². The van der Waals surface area contributed by atoms with Gasteiger partial charge in [-0.3, -0.25) is 9.55 Å². The largest absolute Gasteiger partial charge is 0.501 e. The van der Waals surface area contributed by atoms with Crippen LogP contribution < -0.4 is 11.0 Å². The Morgan fingerprint density at radius 1 is 1.11 bits per heavy atom. The molecule has 8 nitrogen and oxygen atoms in total. The first-order valence-electron chi connectivity index (χ1n) is 11.1. The van der Waals surface area contributed by atoms with Gasteiger partial charge in [-0.05, 0) is 55.7 Å². The quantitative estimate of drug-likeness (QED) is 0.517. The lowest BCUT2D eigenvalue weighted by atomic mass is 9.95. The van der Waals surface area contributed by atoms with Gasteiger partial charge in [-0.2, -0.15) is 13.2 Å². The van der Waals surface area contributed by atoms with Gasteiger partial charge in [0.15, 0.2) is 0 Å². The van der Waals surface area contributed by atoms with E-state index in [1.807, 2.05) is 0 Å². The number of rotatable bonds is 6. The Labute approximate surface area is 200 Å². The van der Waals surface area contributed by atoms with Gasteiger partial charge in [0.05, 0.1) is 34.7 Å². The number of halogens is 3. The third-order valence-corrected chi connectivity index (χ3v) is 7.78. The minimum atomic E-state index is -5.52. The van der Waals surface area contributed by atoms with Gasteiger partial charge in [0.25, 0.3) is 9.84 Å². The molecule has 2 heterocycles. The standard InChI is InChI=1S/C23H25F3N4O4S/c1-15-21(31)30(18-7-9-19(10-8-18)35(33,34)23(24,25)26)22(32)29(15)14-16-11-12-27-13-20(16)28-17-5-3-2-4-6-17/h7-13,17,28,31H,2-6,14H2,1H3. The van der Waals surface area contributed by atoms with Crippen molar-refractivity contribution >= 4 is 15.5 Å². The zero-order valence-electron chi connectivity index (χ0n) is 18.9. The second-order valence-electron chi connectivity index (χ2n) is 8.57. The molecule has 0 saturated heterocycles. The van der Waals surface area contributed by atoms with E-state index in [9.17, 15) is 31.5 Å². The molecule has 0 aliphatic heterocycles. The SMILES string of the molecule is Cc1c(O)n(-c2ccc(S(=O)(=O)C(F)(F)F)cc2)c(=O)n1Cc1ccncc1NC1CCCCC1. The molecule has 0 spiro atoms. The number of aromatic hydroxyl groups is 1. The highest BCUT2D eigenvalue weighted by atomic mass is 32.2. The van der Waals surface area contributed by atoms with Gasteiger partial charge in [0, 0.05) is 12.2 Å². The maximum atomic E-state index is 13.2. The van der Waals surface area contributed by atoms with Crippen LogP contribution in [-0.2, 0) is 16.4 Å². The molecular formula is C23H25F3N4O4S. The highest BCUT2D eigenvalue weighted by Gasteiger charge is 2.46. The molecule has 1 aliphatic carbocycles. The van der Waals surface area contributed by atoms with Gasteiger partial charge in [-0.25, -0.2) is 17.8 Å². The van der Waals surface area contributed by atoms with Gasteiger partial charge in [0.2, 0.25) is 5.88 Å². The number of imidazole rings is 1. The number of sulfone groups is 1. The average molecular weight is 511 g/mol. The highest BCUT2D eigenvalue weighted by molar-refractivity contribution is 7.92. The molecule has 3 aromatic rings. The van der Waals surface area contributed by atoms with Crippen molar-refractivity contribution in [1.29, 1.82) is 0 Å². The number of hydrogen-bond donors (Lipinski definition) is 2. The van der Waals surface area contributed by atoms with Crippen molar-refractivity contribution in [3.63, 3.8) is 0 Å². The molecule has 0 amide bonds. The van der Waals surface area contributed by atoms with Crippen molar-refractivity contribution in [3.05, 3.63) is 64.5 Å². The van der Waals surface area contributed by atoms with Crippen LogP contribution in [0.3, 0.4) is 0 Å². The van der Waals surface area contributed by atoms with E-state index in [1.54, 1.807) is 25.4 Å². The molecule has 0 radical (unpaired) electrons. The summed E-state index contributed by atoms with van der Waals surface area (Å²) in [5.74, 6) is -0.391. The Kier molecular flexibility index (Phi) is 6.67. The van der Waals surface area contributed by atoms with Crippen molar-refractivity contribution < 1.29 is 26.7 Å². The maximum absolute atomic E-state index is 13.2. The molecule has 1 fully saturated rings. The van der Waals surface area contributed by atoms with Crippen molar-refractivity contribution in [1.82, 2.24) is 14.1 Å². The van der Waals surface area contributed by atoms with Crippen molar-refractivity contribution in [2.75, 3.05) is 5.32 Å². The van der Waals surface area contributed by atoms with Crippen LogP contribution in [0.15, 0.2) is 52.4 Å². The summed E-state index contributed by atoms with van der Waals surface area (Å²) in [5.41, 5.74) is -4.19. The molecule has 0 atom stereocenters.